The van der Waals surface area contributed by atoms with E-state index in [-0.39, 0.29) is 11.6 Å². The quantitative estimate of drug-likeness (QED) is 0.610. The highest BCUT2D eigenvalue weighted by atomic mass is 32.2. The fourth-order valence-electron chi connectivity index (χ4n) is 1.44. The van der Waals surface area contributed by atoms with Crippen molar-refractivity contribution in [2.45, 2.75) is 19.9 Å². The molecule has 0 fully saturated rings. The summed E-state index contributed by atoms with van der Waals surface area (Å²) in [6.45, 7) is 4.22. The van der Waals surface area contributed by atoms with Crippen molar-refractivity contribution in [1.29, 1.82) is 0 Å². The summed E-state index contributed by atoms with van der Waals surface area (Å²) in [5.74, 6) is 5.89. The molecule has 96 valence electrons. The molecule has 5 heteroatoms. The molecule has 0 saturated heterocycles. The number of thioether (sulfide) groups is 1. The van der Waals surface area contributed by atoms with E-state index in [9.17, 15) is 8.78 Å². The van der Waals surface area contributed by atoms with E-state index >= 15 is 0 Å². The van der Waals surface area contributed by atoms with Crippen LogP contribution in [0.4, 0.5) is 8.78 Å². The summed E-state index contributed by atoms with van der Waals surface area (Å²) in [7, 11) is 0. The highest BCUT2D eigenvalue weighted by Crippen LogP contribution is 2.23. The molecule has 0 heterocycles. The highest BCUT2D eigenvalue weighted by molar-refractivity contribution is 7.99. The third-order valence-electron chi connectivity index (χ3n) is 2.29. The third-order valence-corrected chi connectivity index (χ3v) is 3.77. The van der Waals surface area contributed by atoms with Gasteiger partial charge in [0, 0.05) is 11.3 Å². The van der Waals surface area contributed by atoms with E-state index in [2.05, 4.69) is 19.3 Å². The second-order valence-corrected chi connectivity index (χ2v) is 5.37. The van der Waals surface area contributed by atoms with E-state index < -0.39 is 11.6 Å². The van der Waals surface area contributed by atoms with Crippen LogP contribution in [-0.4, -0.2) is 11.5 Å². The van der Waals surface area contributed by atoms with Crippen molar-refractivity contribution in [1.82, 2.24) is 5.43 Å². The fourth-order valence-corrected chi connectivity index (χ4v) is 2.56. The van der Waals surface area contributed by atoms with Crippen LogP contribution >= 0.6 is 11.8 Å². The van der Waals surface area contributed by atoms with Crippen molar-refractivity contribution in [3.05, 3.63) is 35.4 Å². The highest BCUT2D eigenvalue weighted by Gasteiger charge is 2.17. The van der Waals surface area contributed by atoms with Crippen LogP contribution in [0, 0.1) is 17.6 Å². The fraction of sp³-hybridized carbons (Fsp3) is 0.500. The molecule has 0 radical (unpaired) electrons. The summed E-state index contributed by atoms with van der Waals surface area (Å²) in [6.07, 6.45) is 0. The molecule has 0 aliphatic carbocycles. The number of hydrazine groups is 1. The lowest BCUT2D eigenvalue weighted by Crippen LogP contribution is -2.30. The summed E-state index contributed by atoms with van der Waals surface area (Å²) < 4.78 is 26.6. The molecule has 1 aromatic carbocycles. The number of benzene rings is 1. The lowest BCUT2D eigenvalue weighted by atomic mass is 10.1. The van der Waals surface area contributed by atoms with Crippen molar-refractivity contribution in [2.24, 2.45) is 11.8 Å². The van der Waals surface area contributed by atoms with Crippen LogP contribution in [0.1, 0.15) is 25.5 Å². The summed E-state index contributed by atoms with van der Waals surface area (Å²) in [4.78, 5) is 0. The zero-order valence-electron chi connectivity index (χ0n) is 10.0. The van der Waals surface area contributed by atoms with Gasteiger partial charge in [-0.2, -0.15) is 11.8 Å². The summed E-state index contributed by atoms with van der Waals surface area (Å²) in [5.41, 5.74) is 2.81. The standard InChI is InChI=1S/C12H18F2N2S/c1-8(2)6-17-7-11(16-15)9-4-3-5-10(13)12(9)14/h3-5,8,11,16H,6-7,15H2,1-2H3. The molecule has 0 aliphatic rings. The van der Waals surface area contributed by atoms with Gasteiger partial charge in [0.05, 0.1) is 6.04 Å². The maximum Gasteiger partial charge on any atom is 0.163 e. The Hall–Kier alpha value is -0.650. The van der Waals surface area contributed by atoms with Gasteiger partial charge in [-0.25, -0.2) is 8.78 Å². The topological polar surface area (TPSA) is 38.0 Å². The molecular formula is C12H18F2N2S. The van der Waals surface area contributed by atoms with Gasteiger partial charge in [-0.05, 0) is 17.7 Å². The first-order valence-electron chi connectivity index (χ1n) is 5.54. The maximum atomic E-state index is 13.5. The number of hydrogen-bond acceptors (Lipinski definition) is 3. The zero-order chi connectivity index (χ0) is 12.8. The summed E-state index contributed by atoms with van der Waals surface area (Å²) >= 11 is 1.67. The molecular weight excluding hydrogens is 242 g/mol. The summed E-state index contributed by atoms with van der Waals surface area (Å²) in [6, 6.07) is 3.78. The van der Waals surface area contributed by atoms with Gasteiger partial charge in [0.1, 0.15) is 0 Å². The lowest BCUT2D eigenvalue weighted by molar-refractivity contribution is 0.478. The SMILES string of the molecule is CC(C)CSCC(NN)c1cccc(F)c1F. The van der Waals surface area contributed by atoms with E-state index in [1.807, 2.05) is 0 Å². The van der Waals surface area contributed by atoms with Gasteiger partial charge in [0.2, 0.25) is 0 Å². The Morgan fingerprint density at radius 1 is 1.29 bits per heavy atom. The Bertz CT molecular complexity index is 358. The van der Waals surface area contributed by atoms with Crippen molar-refractivity contribution >= 4 is 11.8 Å². The number of hydrogen-bond donors (Lipinski definition) is 2. The Morgan fingerprint density at radius 3 is 2.59 bits per heavy atom. The molecule has 0 amide bonds. The molecule has 0 saturated carbocycles. The largest absolute Gasteiger partial charge is 0.271 e. The van der Waals surface area contributed by atoms with Crippen molar-refractivity contribution in [2.75, 3.05) is 11.5 Å². The first-order chi connectivity index (χ1) is 8.06. The molecule has 0 aliphatic heterocycles. The number of nitrogens with two attached hydrogens (primary N) is 1. The van der Waals surface area contributed by atoms with Crippen molar-refractivity contribution < 1.29 is 8.78 Å². The third kappa shape index (κ3) is 4.26. The second-order valence-electron chi connectivity index (χ2n) is 4.29. The van der Waals surface area contributed by atoms with Crippen LogP contribution in [0.15, 0.2) is 18.2 Å². The molecule has 2 nitrogen and oxygen atoms in total. The molecule has 3 N–H and O–H groups in total. The van der Waals surface area contributed by atoms with Gasteiger partial charge < -0.3 is 0 Å². The Balaban J connectivity index is 2.69. The predicted octanol–water partition coefficient (Wildman–Crippen LogP) is 2.86. The van der Waals surface area contributed by atoms with E-state index in [4.69, 9.17) is 5.84 Å². The van der Waals surface area contributed by atoms with E-state index in [0.717, 1.165) is 11.8 Å². The maximum absolute atomic E-state index is 13.5. The molecule has 1 atom stereocenters. The minimum atomic E-state index is -0.836. The Labute approximate surface area is 105 Å². The van der Waals surface area contributed by atoms with E-state index in [0.29, 0.717) is 11.7 Å². The molecule has 1 unspecified atom stereocenters. The van der Waals surface area contributed by atoms with E-state index in [1.54, 1.807) is 17.8 Å². The first kappa shape index (κ1) is 14.4. The Morgan fingerprint density at radius 2 is 2.00 bits per heavy atom. The van der Waals surface area contributed by atoms with Crippen LogP contribution < -0.4 is 11.3 Å². The minimum Gasteiger partial charge on any atom is -0.271 e. The summed E-state index contributed by atoms with van der Waals surface area (Å²) in [5, 5.41) is 0. The van der Waals surface area contributed by atoms with Crippen LogP contribution in [0.3, 0.4) is 0 Å². The van der Waals surface area contributed by atoms with E-state index in [1.165, 1.54) is 6.07 Å². The zero-order valence-corrected chi connectivity index (χ0v) is 10.9. The number of halogens is 2. The van der Waals surface area contributed by atoms with Gasteiger partial charge in [-0.1, -0.05) is 26.0 Å². The smallest absolute Gasteiger partial charge is 0.163 e. The monoisotopic (exact) mass is 260 g/mol. The van der Waals surface area contributed by atoms with Crippen LogP contribution in [-0.2, 0) is 0 Å². The number of rotatable bonds is 6. The van der Waals surface area contributed by atoms with Crippen molar-refractivity contribution in [3.63, 3.8) is 0 Å². The predicted molar refractivity (Wildman–Crippen MR) is 68.6 cm³/mol. The van der Waals surface area contributed by atoms with Gasteiger partial charge in [0.25, 0.3) is 0 Å². The average molecular weight is 260 g/mol. The lowest BCUT2D eigenvalue weighted by Gasteiger charge is -2.17. The van der Waals surface area contributed by atoms with Gasteiger partial charge in [-0.3, -0.25) is 11.3 Å². The Kier molecular flexibility index (Phi) is 5.88. The molecule has 17 heavy (non-hydrogen) atoms. The van der Waals surface area contributed by atoms with Gasteiger partial charge in [-0.15, -0.1) is 0 Å². The number of nitrogens with one attached hydrogen (secondary N) is 1. The van der Waals surface area contributed by atoms with Crippen LogP contribution in [0.5, 0.6) is 0 Å². The van der Waals surface area contributed by atoms with Crippen LogP contribution in [0.25, 0.3) is 0 Å². The van der Waals surface area contributed by atoms with Gasteiger partial charge >= 0.3 is 0 Å². The molecule has 0 bridgehead atoms. The normalized spacial score (nSPS) is 13.1. The first-order valence-corrected chi connectivity index (χ1v) is 6.69. The minimum absolute atomic E-state index is 0.281. The molecule has 1 aromatic rings. The average Bonchev–Trinajstić information content (AvgIpc) is 2.28. The molecule has 0 spiro atoms. The van der Waals surface area contributed by atoms with Crippen LogP contribution in [0.2, 0.25) is 0 Å². The second kappa shape index (κ2) is 6.93. The van der Waals surface area contributed by atoms with Crippen molar-refractivity contribution in [3.8, 4) is 0 Å². The molecule has 1 rings (SSSR count). The van der Waals surface area contributed by atoms with Gasteiger partial charge in [0.15, 0.2) is 11.6 Å². The molecule has 0 aromatic heterocycles.